The lowest BCUT2D eigenvalue weighted by atomic mass is 9.94. The van der Waals surface area contributed by atoms with E-state index in [9.17, 15) is 9.18 Å². The van der Waals surface area contributed by atoms with Crippen molar-refractivity contribution in [2.75, 3.05) is 17.3 Å². The van der Waals surface area contributed by atoms with E-state index in [1.54, 1.807) is 12.1 Å². The molecule has 0 amide bonds. The number of benzene rings is 2. The van der Waals surface area contributed by atoms with Crippen molar-refractivity contribution in [3.05, 3.63) is 64.3 Å². The van der Waals surface area contributed by atoms with E-state index in [0.29, 0.717) is 23.6 Å². The first kappa shape index (κ1) is 20.8. The first-order chi connectivity index (χ1) is 15.0. The topological polar surface area (TPSA) is 99.4 Å². The summed E-state index contributed by atoms with van der Waals surface area (Å²) >= 11 is 0. The molecule has 0 unspecified atom stereocenters. The fraction of sp³-hybridized carbons (Fsp3) is 0.348. The lowest BCUT2D eigenvalue weighted by molar-refractivity contribution is 0.428. The van der Waals surface area contributed by atoms with Crippen molar-refractivity contribution < 1.29 is 4.39 Å². The van der Waals surface area contributed by atoms with Gasteiger partial charge in [-0.05, 0) is 42.7 Å². The molecule has 7 nitrogen and oxygen atoms in total. The highest BCUT2D eigenvalue weighted by Gasteiger charge is 2.21. The number of aliphatic imine (C=N–C) groups is 1. The molecular formula is C23H27FN6O. The van der Waals surface area contributed by atoms with Crippen LogP contribution in [0.2, 0.25) is 0 Å². The van der Waals surface area contributed by atoms with E-state index < -0.39 is 0 Å². The van der Waals surface area contributed by atoms with Crippen LogP contribution in [0.15, 0.2) is 52.4 Å². The Kier molecular flexibility index (Phi) is 6.16. The van der Waals surface area contributed by atoms with Crippen LogP contribution in [0.3, 0.4) is 0 Å². The fourth-order valence-electron chi connectivity index (χ4n) is 4.08. The third-order valence-corrected chi connectivity index (χ3v) is 5.80. The summed E-state index contributed by atoms with van der Waals surface area (Å²) in [5.74, 6) is -0.0406. The van der Waals surface area contributed by atoms with Crippen LogP contribution in [0.4, 0.5) is 15.8 Å². The Bertz CT molecular complexity index is 1140. The monoisotopic (exact) mass is 422 g/mol. The average molecular weight is 423 g/mol. The number of aromatic nitrogens is 2. The van der Waals surface area contributed by atoms with Crippen LogP contribution in [0.25, 0.3) is 11.0 Å². The van der Waals surface area contributed by atoms with Gasteiger partial charge in [0.1, 0.15) is 5.82 Å². The van der Waals surface area contributed by atoms with Crippen molar-refractivity contribution in [1.82, 2.24) is 9.97 Å². The number of hydrogen-bond acceptors (Lipinski definition) is 4. The van der Waals surface area contributed by atoms with Crippen molar-refractivity contribution in [2.45, 2.75) is 44.7 Å². The van der Waals surface area contributed by atoms with Crippen LogP contribution in [0, 0.1) is 5.82 Å². The number of nitrogens with zero attached hydrogens (tertiary/aromatic N) is 3. The Morgan fingerprint density at radius 2 is 2.00 bits per heavy atom. The molecule has 1 aliphatic carbocycles. The van der Waals surface area contributed by atoms with Gasteiger partial charge in [-0.15, -0.1) is 0 Å². The van der Waals surface area contributed by atoms with E-state index in [1.165, 1.54) is 37.6 Å². The molecule has 2 aromatic carbocycles. The molecular weight excluding hydrogens is 395 g/mol. The van der Waals surface area contributed by atoms with Gasteiger partial charge in [-0.3, -0.25) is 4.79 Å². The van der Waals surface area contributed by atoms with Gasteiger partial charge >= 0.3 is 0 Å². The molecule has 1 fully saturated rings. The Morgan fingerprint density at radius 1 is 1.26 bits per heavy atom. The second kappa shape index (κ2) is 9.16. The predicted molar refractivity (Wildman–Crippen MR) is 123 cm³/mol. The smallest absolute Gasteiger partial charge is 0.266 e. The maximum absolute atomic E-state index is 13.1. The molecule has 0 spiro atoms. The molecule has 1 aromatic heterocycles. The highest BCUT2D eigenvalue weighted by atomic mass is 19.1. The lowest BCUT2D eigenvalue weighted by Gasteiger charge is -2.34. The van der Waals surface area contributed by atoms with Crippen molar-refractivity contribution in [3.8, 4) is 0 Å². The number of aromatic amines is 1. The summed E-state index contributed by atoms with van der Waals surface area (Å²) < 4.78 is 13.1. The Morgan fingerprint density at radius 3 is 2.74 bits per heavy atom. The van der Waals surface area contributed by atoms with E-state index in [1.807, 2.05) is 12.1 Å². The normalized spacial score (nSPS) is 15.2. The zero-order valence-corrected chi connectivity index (χ0v) is 17.6. The van der Waals surface area contributed by atoms with Crippen LogP contribution in [-0.4, -0.2) is 29.0 Å². The SMILES string of the molecule is CN(c1cc2ncc(=O)[nH]c2cc1NC(N)=NCc1ccc(F)cc1)C1CCCCC1. The number of halogens is 1. The summed E-state index contributed by atoms with van der Waals surface area (Å²) in [4.78, 5) is 25.5. The molecule has 31 heavy (non-hydrogen) atoms. The van der Waals surface area contributed by atoms with Crippen molar-refractivity contribution in [2.24, 2.45) is 10.7 Å². The number of anilines is 2. The highest BCUT2D eigenvalue weighted by Crippen LogP contribution is 2.33. The van der Waals surface area contributed by atoms with Crippen LogP contribution < -0.4 is 21.5 Å². The summed E-state index contributed by atoms with van der Waals surface area (Å²) in [6.07, 6.45) is 7.29. The third-order valence-electron chi connectivity index (χ3n) is 5.80. The molecule has 8 heteroatoms. The first-order valence-electron chi connectivity index (χ1n) is 10.6. The number of hydrogen-bond donors (Lipinski definition) is 3. The maximum atomic E-state index is 13.1. The van der Waals surface area contributed by atoms with Gasteiger partial charge in [0.2, 0.25) is 0 Å². The largest absolute Gasteiger partial charge is 0.370 e. The molecule has 0 saturated heterocycles. The summed E-state index contributed by atoms with van der Waals surface area (Å²) in [6.45, 7) is 0.332. The number of nitrogens with two attached hydrogens (primary N) is 1. The van der Waals surface area contributed by atoms with Crippen LogP contribution >= 0.6 is 0 Å². The van der Waals surface area contributed by atoms with Gasteiger partial charge < -0.3 is 20.9 Å². The van der Waals surface area contributed by atoms with E-state index in [2.05, 4.69) is 32.2 Å². The fourth-order valence-corrected chi connectivity index (χ4v) is 4.08. The summed E-state index contributed by atoms with van der Waals surface area (Å²) in [5.41, 5.74) is 9.81. The van der Waals surface area contributed by atoms with Gasteiger partial charge in [0.05, 0.1) is 35.1 Å². The van der Waals surface area contributed by atoms with Gasteiger partial charge in [0.25, 0.3) is 5.56 Å². The molecule has 1 heterocycles. The van der Waals surface area contributed by atoms with E-state index in [0.717, 1.165) is 29.8 Å². The molecule has 0 radical (unpaired) electrons. The molecule has 0 aliphatic heterocycles. The highest BCUT2D eigenvalue weighted by molar-refractivity contribution is 5.99. The zero-order valence-electron chi connectivity index (χ0n) is 17.6. The lowest BCUT2D eigenvalue weighted by Crippen LogP contribution is -2.34. The van der Waals surface area contributed by atoms with E-state index >= 15 is 0 Å². The minimum Gasteiger partial charge on any atom is -0.370 e. The molecule has 1 aliphatic rings. The summed E-state index contributed by atoms with van der Waals surface area (Å²) in [5, 5.41) is 3.19. The number of guanidine groups is 1. The quantitative estimate of drug-likeness (QED) is 0.429. The van der Waals surface area contributed by atoms with Crippen molar-refractivity contribution in [1.29, 1.82) is 0 Å². The van der Waals surface area contributed by atoms with Crippen molar-refractivity contribution in [3.63, 3.8) is 0 Å². The number of rotatable bonds is 5. The second-order valence-electron chi connectivity index (χ2n) is 7.99. The van der Waals surface area contributed by atoms with Gasteiger partial charge in [-0.1, -0.05) is 31.4 Å². The Balaban J connectivity index is 1.64. The number of H-pyrrole nitrogens is 1. The van der Waals surface area contributed by atoms with Gasteiger partial charge in [0.15, 0.2) is 5.96 Å². The first-order valence-corrected chi connectivity index (χ1v) is 10.6. The molecule has 0 atom stereocenters. The Hall–Kier alpha value is -3.42. The predicted octanol–water partition coefficient (Wildman–Crippen LogP) is 3.76. The van der Waals surface area contributed by atoms with Gasteiger partial charge in [-0.25, -0.2) is 14.4 Å². The van der Waals surface area contributed by atoms with Crippen LogP contribution in [0.5, 0.6) is 0 Å². The minimum absolute atomic E-state index is 0.244. The third kappa shape index (κ3) is 5.02. The second-order valence-corrected chi connectivity index (χ2v) is 7.99. The molecule has 3 aromatic rings. The minimum atomic E-state index is -0.284. The summed E-state index contributed by atoms with van der Waals surface area (Å²) in [7, 11) is 2.08. The molecule has 1 saturated carbocycles. The molecule has 4 rings (SSSR count). The van der Waals surface area contributed by atoms with Crippen LogP contribution in [-0.2, 0) is 6.54 Å². The van der Waals surface area contributed by atoms with Crippen LogP contribution in [0.1, 0.15) is 37.7 Å². The molecule has 162 valence electrons. The Labute approximate surface area is 180 Å². The number of fused-ring (bicyclic) bond motifs is 1. The zero-order chi connectivity index (χ0) is 21.8. The molecule has 4 N–H and O–H groups in total. The summed E-state index contributed by atoms with van der Waals surface area (Å²) in [6, 6.07) is 10.4. The standard InChI is InChI=1S/C23H27FN6O/c1-30(17-5-3-2-4-6-17)21-12-18-19(28-22(31)14-26-18)11-20(21)29-23(25)27-13-15-7-9-16(24)10-8-15/h7-12,14,17H,2-6,13H2,1H3,(H,28,31)(H3,25,27,29). The van der Waals surface area contributed by atoms with E-state index in [-0.39, 0.29) is 17.3 Å². The number of nitrogens with one attached hydrogen (secondary N) is 2. The van der Waals surface area contributed by atoms with Gasteiger partial charge in [0, 0.05) is 13.1 Å². The maximum Gasteiger partial charge on any atom is 0.266 e. The van der Waals surface area contributed by atoms with Gasteiger partial charge in [-0.2, -0.15) is 0 Å². The van der Waals surface area contributed by atoms with E-state index in [4.69, 9.17) is 5.73 Å². The molecule has 0 bridgehead atoms. The average Bonchev–Trinajstić information content (AvgIpc) is 2.78. The van der Waals surface area contributed by atoms with Crippen molar-refractivity contribution >= 4 is 28.4 Å².